The molecule has 1 amide bonds. The van der Waals surface area contributed by atoms with E-state index in [1.807, 2.05) is 18.2 Å². The highest BCUT2D eigenvalue weighted by atomic mass is 16.5. The Morgan fingerprint density at radius 2 is 1.65 bits per heavy atom. The molecule has 0 bridgehead atoms. The number of rotatable bonds is 7. The van der Waals surface area contributed by atoms with Crippen molar-refractivity contribution in [1.82, 2.24) is 0 Å². The van der Waals surface area contributed by atoms with Crippen molar-refractivity contribution in [2.75, 3.05) is 12.4 Å². The molecule has 0 aliphatic heterocycles. The van der Waals surface area contributed by atoms with Gasteiger partial charge in [-0.05, 0) is 42.0 Å². The molecule has 0 unspecified atom stereocenters. The number of benzene rings is 3. The van der Waals surface area contributed by atoms with E-state index in [1.54, 1.807) is 66.7 Å². The Morgan fingerprint density at radius 3 is 2.32 bits per heavy atom. The van der Waals surface area contributed by atoms with Crippen LogP contribution in [0.4, 0.5) is 5.69 Å². The molecule has 3 aromatic carbocycles. The number of nitrogens with one attached hydrogen (secondary N) is 1. The first-order chi connectivity index (χ1) is 15.1. The third-order valence-corrected chi connectivity index (χ3v) is 4.38. The van der Waals surface area contributed by atoms with Crippen molar-refractivity contribution >= 4 is 23.6 Å². The van der Waals surface area contributed by atoms with Gasteiger partial charge in [0.05, 0.1) is 12.7 Å². The Labute approximate surface area is 180 Å². The van der Waals surface area contributed by atoms with Crippen molar-refractivity contribution in [2.24, 2.45) is 0 Å². The first-order valence-corrected chi connectivity index (χ1v) is 9.48. The van der Waals surface area contributed by atoms with Crippen LogP contribution in [0.15, 0.2) is 84.4 Å². The average molecular weight is 412 g/mol. The molecule has 154 valence electrons. The van der Waals surface area contributed by atoms with Crippen LogP contribution < -0.4 is 10.1 Å². The van der Waals surface area contributed by atoms with Crippen LogP contribution in [0.25, 0.3) is 6.08 Å². The van der Waals surface area contributed by atoms with Gasteiger partial charge in [0.15, 0.2) is 0 Å². The molecule has 3 rings (SSSR count). The highest BCUT2D eigenvalue weighted by Crippen LogP contribution is 2.23. The number of carbonyl (C=O) groups excluding carboxylic acids is 2. The molecule has 1 N–H and O–H groups in total. The summed E-state index contributed by atoms with van der Waals surface area (Å²) in [4.78, 5) is 24.0. The Kier molecular flexibility index (Phi) is 7.17. The number of hydrogen-bond donors (Lipinski definition) is 1. The van der Waals surface area contributed by atoms with Gasteiger partial charge in [0.1, 0.15) is 24.0 Å². The van der Waals surface area contributed by atoms with Gasteiger partial charge in [0, 0.05) is 11.3 Å². The number of nitriles is 1. The number of hydrogen-bond acceptors (Lipinski definition) is 5. The molecule has 0 atom stereocenters. The maximum Gasteiger partial charge on any atom is 0.337 e. The number of ether oxygens (including phenoxy) is 2. The van der Waals surface area contributed by atoms with E-state index in [2.05, 4.69) is 10.1 Å². The maximum absolute atomic E-state index is 12.5. The standard InChI is InChI=1S/C25H20N2O4/c1-30-25(29)19-13-11-18(12-14-19)17-31-23-10-6-5-7-20(23)15-21(16-26)24(28)27-22-8-3-2-4-9-22/h2-15H,17H2,1H3,(H,27,28). The maximum atomic E-state index is 12.5. The summed E-state index contributed by atoms with van der Waals surface area (Å²) in [5.74, 6) is -0.373. The van der Waals surface area contributed by atoms with Crippen LogP contribution in [0.5, 0.6) is 5.75 Å². The minimum Gasteiger partial charge on any atom is -0.488 e. The number of methoxy groups -OCH3 is 1. The van der Waals surface area contributed by atoms with Gasteiger partial charge in [-0.25, -0.2) is 4.79 Å². The summed E-state index contributed by atoms with van der Waals surface area (Å²) >= 11 is 0. The fourth-order valence-corrected chi connectivity index (χ4v) is 2.77. The molecular formula is C25H20N2O4. The van der Waals surface area contributed by atoms with Crippen LogP contribution in [0.3, 0.4) is 0 Å². The summed E-state index contributed by atoms with van der Waals surface area (Å²) in [7, 11) is 1.33. The monoisotopic (exact) mass is 412 g/mol. The smallest absolute Gasteiger partial charge is 0.337 e. The number of para-hydroxylation sites is 2. The van der Waals surface area contributed by atoms with Gasteiger partial charge in [0.25, 0.3) is 5.91 Å². The van der Waals surface area contributed by atoms with E-state index in [9.17, 15) is 14.9 Å². The molecule has 6 nitrogen and oxygen atoms in total. The molecule has 0 aliphatic carbocycles. The highest BCUT2D eigenvalue weighted by molar-refractivity contribution is 6.09. The second-order valence-corrected chi connectivity index (χ2v) is 6.50. The summed E-state index contributed by atoms with van der Waals surface area (Å²) in [6, 6.07) is 24.9. The van der Waals surface area contributed by atoms with Gasteiger partial charge >= 0.3 is 5.97 Å². The lowest BCUT2D eigenvalue weighted by Crippen LogP contribution is -2.13. The molecule has 0 saturated carbocycles. The van der Waals surface area contributed by atoms with Crippen LogP contribution in [0.1, 0.15) is 21.5 Å². The number of esters is 1. The van der Waals surface area contributed by atoms with E-state index in [4.69, 9.17) is 4.74 Å². The largest absolute Gasteiger partial charge is 0.488 e. The van der Waals surface area contributed by atoms with Crippen LogP contribution in [-0.4, -0.2) is 19.0 Å². The third-order valence-electron chi connectivity index (χ3n) is 4.38. The van der Waals surface area contributed by atoms with E-state index in [1.165, 1.54) is 13.2 Å². The highest BCUT2D eigenvalue weighted by Gasteiger charge is 2.11. The third kappa shape index (κ3) is 5.81. The quantitative estimate of drug-likeness (QED) is 0.348. The van der Waals surface area contributed by atoms with E-state index in [-0.39, 0.29) is 12.2 Å². The van der Waals surface area contributed by atoms with E-state index in [0.717, 1.165) is 5.56 Å². The molecule has 0 aromatic heterocycles. The SMILES string of the molecule is COC(=O)c1ccc(COc2ccccc2C=C(C#N)C(=O)Nc2ccccc2)cc1. The van der Waals surface area contributed by atoms with Gasteiger partial charge in [-0.15, -0.1) is 0 Å². The Morgan fingerprint density at radius 1 is 0.968 bits per heavy atom. The van der Waals surface area contributed by atoms with E-state index in [0.29, 0.717) is 22.6 Å². The van der Waals surface area contributed by atoms with Crippen LogP contribution >= 0.6 is 0 Å². The van der Waals surface area contributed by atoms with Crippen LogP contribution in [0.2, 0.25) is 0 Å². The minimum atomic E-state index is -0.498. The number of amides is 1. The Balaban J connectivity index is 1.73. The van der Waals surface area contributed by atoms with Crippen molar-refractivity contribution in [3.8, 4) is 11.8 Å². The van der Waals surface area contributed by atoms with Crippen LogP contribution in [-0.2, 0) is 16.1 Å². The van der Waals surface area contributed by atoms with E-state index < -0.39 is 11.9 Å². The van der Waals surface area contributed by atoms with Crippen LogP contribution in [0, 0.1) is 11.3 Å². The molecule has 0 radical (unpaired) electrons. The second-order valence-electron chi connectivity index (χ2n) is 6.50. The lowest BCUT2D eigenvalue weighted by Gasteiger charge is -2.10. The number of nitrogens with zero attached hydrogens (tertiary/aromatic N) is 1. The summed E-state index contributed by atoms with van der Waals surface area (Å²) in [5.41, 5.74) is 2.48. The lowest BCUT2D eigenvalue weighted by molar-refractivity contribution is -0.112. The average Bonchev–Trinajstić information content (AvgIpc) is 2.82. The predicted molar refractivity (Wildman–Crippen MR) is 117 cm³/mol. The molecular weight excluding hydrogens is 392 g/mol. The van der Waals surface area contributed by atoms with Crippen molar-refractivity contribution in [1.29, 1.82) is 5.26 Å². The zero-order valence-electron chi connectivity index (χ0n) is 16.9. The zero-order chi connectivity index (χ0) is 22.1. The fourth-order valence-electron chi connectivity index (χ4n) is 2.77. The molecule has 6 heteroatoms. The molecule has 3 aromatic rings. The minimum absolute atomic E-state index is 0.0395. The van der Waals surface area contributed by atoms with Gasteiger partial charge in [0.2, 0.25) is 0 Å². The topological polar surface area (TPSA) is 88.4 Å². The molecule has 0 saturated heterocycles. The molecule has 0 spiro atoms. The van der Waals surface area contributed by atoms with Gasteiger partial charge < -0.3 is 14.8 Å². The van der Waals surface area contributed by atoms with Gasteiger partial charge in [-0.3, -0.25) is 4.79 Å². The molecule has 0 fully saturated rings. The van der Waals surface area contributed by atoms with Crippen molar-refractivity contribution in [2.45, 2.75) is 6.61 Å². The summed E-state index contributed by atoms with van der Waals surface area (Å²) in [5, 5.41) is 12.2. The van der Waals surface area contributed by atoms with E-state index >= 15 is 0 Å². The molecule has 0 aliphatic rings. The Bertz CT molecular complexity index is 1130. The normalized spacial score (nSPS) is 10.6. The van der Waals surface area contributed by atoms with Gasteiger partial charge in [-0.1, -0.05) is 48.5 Å². The summed E-state index contributed by atoms with van der Waals surface area (Å²) < 4.78 is 10.6. The Hall–Kier alpha value is -4.37. The second kappa shape index (κ2) is 10.4. The molecule has 0 heterocycles. The van der Waals surface area contributed by atoms with Crippen molar-refractivity contribution in [3.05, 3.63) is 101 Å². The first kappa shape index (κ1) is 21.3. The van der Waals surface area contributed by atoms with Crippen molar-refractivity contribution in [3.63, 3.8) is 0 Å². The lowest BCUT2D eigenvalue weighted by atomic mass is 10.1. The zero-order valence-corrected chi connectivity index (χ0v) is 16.9. The molecule has 31 heavy (non-hydrogen) atoms. The van der Waals surface area contributed by atoms with Gasteiger partial charge in [-0.2, -0.15) is 5.26 Å². The predicted octanol–water partition coefficient (Wildman–Crippen LogP) is 4.60. The van der Waals surface area contributed by atoms with Crippen molar-refractivity contribution < 1.29 is 19.1 Å². The fraction of sp³-hybridized carbons (Fsp3) is 0.0800. The first-order valence-electron chi connectivity index (χ1n) is 9.48. The summed E-state index contributed by atoms with van der Waals surface area (Å²) in [6.07, 6.45) is 1.49. The number of carbonyl (C=O) groups is 2. The summed E-state index contributed by atoms with van der Waals surface area (Å²) in [6.45, 7) is 0.254. The number of anilines is 1.